The van der Waals surface area contributed by atoms with E-state index in [1.54, 1.807) is 19.4 Å². The number of thioether (sulfide) groups is 1. The number of hydrogen-bond acceptors (Lipinski definition) is 8. The number of aromatic nitrogens is 2. The quantitative estimate of drug-likeness (QED) is 0.478. The average molecular weight is 423 g/mol. The minimum Gasteiger partial charge on any atom is -0.497 e. The average Bonchev–Trinajstić information content (AvgIpc) is 3.41. The topological polar surface area (TPSA) is 107 Å². The molecule has 3 heterocycles. The van der Waals surface area contributed by atoms with Crippen molar-refractivity contribution >= 4 is 29.2 Å². The monoisotopic (exact) mass is 423 g/mol. The van der Waals surface area contributed by atoms with Crippen LogP contribution in [0.2, 0.25) is 0 Å². The van der Waals surface area contributed by atoms with Gasteiger partial charge in [0.2, 0.25) is 0 Å². The molecule has 0 radical (unpaired) electrons. The van der Waals surface area contributed by atoms with E-state index in [-0.39, 0.29) is 17.7 Å². The standard InChI is InChI=1S/C21H21N5O3S/c1-13-10-19(22)24-21(23-13)30-12-20(27)26-17(18-4-3-9-29-18)11-16(25-26)14-5-7-15(28-2)8-6-14/h3-10,17H,11-12H2,1-2H3,(H2,22,23,24). The number of amides is 1. The molecule has 1 aliphatic rings. The first-order valence-electron chi connectivity index (χ1n) is 9.35. The third kappa shape index (κ3) is 4.30. The zero-order chi connectivity index (χ0) is 21.1. The molecule has 0 saturated heterocycles. The van der Waals surface area contributed by atoms with Crippen molar-refractivity contribution in [3.8, 4) is 5.75 Å². The second-order valence-corrected chi connectivity index (χ2v) is 7.70. The summed E-state index contributed by atoms with van der Waals surface area (Å²) in [5.74, 6) is 1.82. The number of ether oxygens (including phenoxy) is 1. The van der Waals surface area contributed by atoms with Gasteiger partial charge < -0.3 is 14.9 Å². The molecule has 0 bridgehead atoms. The Kier molecular flexibility index (Phi) is 5.71. The fourth-order valence-corrected chi connectivity index (χ4v) is 3.99. The van der Waals surface area contributed by atoms with Gasteiger partial charge in [0.25, 0.3) is 5.91 Å². The predicted molar refractivity (Wildman–Crippen MR) is 114 cm³/mol. The number of hydrogen-bond donors (Lipinski definition) is 1. The predicted octanol–water partition coefficient (Wildman–Crippen LogP) is 3.44. The van der Waals surface area contributed by atoms with Crippen molar-refractivity contribution in [3.63, 3.8) is 0 Å². The normalized spacial score (nSPS) is 15.9. The van der Waals surface area contributed by atoms with Crippen molar-refractivity contribution < 1.29 is 13.9 Å². The summed E-state index contributed by atoms with van der Waals surface area (Å²) in [5.41, 5.74) is 8.28. The summed E-state index contributed by atoms with van der Waals surface area (Å²) in [6, 6.07) is 12.7. The van der Waals surface area contributed by atoms with E-state index in [9.17, 15) is 4.79 Å². The Balaban J connectivity index is 1.55. The molecule has 1 aromatic carbocycles. The molecule has 2 aromatic heterocycles. The summed E-state index contributed by atoms with van der Waals surface area (Å²) < 4.78 is 10.8. The lowest BCUT2D eigenvalue weighted by atomic mass is 10.0. The molecule has 4 rings (SSSR count). The maximum absolute atomic E-state index is 13.0. The highest BCUT2D eigenvalue weighted by Crippen LogP contribution is 2.34. The van der Waals surface area contributed by atoms with E-state index in [0.717, 1.165) is 22.7 Å². The van der Waals surface area contributed by atoms with Crippen molar-refractivity contribution in [2.75, 3.05) is 18.6 Å². The van der Waals surface area contributed by atoms with Gasteiger partial charge in [0.1, 0.15) is 23.4 Å². The van der Waals surface area contributed by atoms with Gasteiger partial charge in [0, 0.05) is 18.2 Å². The van der Waals surface area contributed by atoms with Crippen LogP contribution >= 0.6 is 11.8 Å². The van der Waals surface area contributed by atoms with Gasteiger partial charge in [0.15, 0.2) is 5.16 Å². The zero-order valence-corrected chi connectivity index (χ0v) is 17.4. The van der Waals surface area contributed by atoms with E-state index in [1.807, 2.05) is 43.3 Å². The minimum absolute atomic E-state index is 0.138. The van der Waals surface area contributed by atoms with Crippen LogP contribution in [0.3, 0.4) is 0 Å². The van der Waals surface area contributed by atoms with E-state index < -0.39 is 0 Å². The lowest BCUT2D eigenvalue weighted by molar-refractivity contribution is -0.130. The molecule has 1 aliphatic heterocycles. The van der Waals surface area contributed by atoms with Crippen LogP contribution in [0.5, 0.6) is 5.75 Å². The van der Waals surface area contributed by atoms with Crippen molar-refractivity contribution in [2.24, 2.45) is 5.10 Å². The Hall–Kier alpha value is -3.33. The highest BCUT2D eigenvalue weighted by Gasteiger charge is 2.34. The van der Waals surface area contributed by atoms with Crippen molar-refractivity contribution in [1.29, 1.82) is 0 Å². The lowest BCUT2D eigenvalue weighted by Gasteiger charge is -2.19. The first-order chi connectivity index (χ1) is 14.5. The highest BCUT2D eigenvalue weighted by molar-refractivity contribution is 7.99. The summed E-state index contributed by atoms with van der Waals surface area (Å²) in [6.07, 6.45) is 2.16. The second-order valence-electron chi connectivity index (χ2n) is 6.75. The summed E-state index contributed by atoms with van der Waals surface area (Å²) >= 11 is 1.24. The molecule has 0 fully saturated rings. The van der Waals surface area contributed by atoms with Gasteiger partial charge in [-0.2, -0.15) is 5.10 Å². The number of nitrogens with zero attached hydrogens (tertiary/aromatic N) is 4. The number of methoxy groups -OCH3 is 1. The summed E-state index contributed by atoms with van der Waals surface area (Å²) in [6.45, 7) is 1.84. The van der Waals surface area contributed by atoms with Crippen molar-refractivity contribution in [3.05, 3.63) is 65.7 Å². The van der Waals surface area contributed by atoms with E-state index in [2.05, 4.69) is 15.1 Å². The Morgan fingerprint density at radius 1 is 1.30 bits per heavy atom. The SMILES string of the molecule is COc1ccc(C2=NN(C(=O)CSc3nc(C)cc(N)n3)C(c3ccco3)C2)cc1. The Morgan fingerprint density at radius 3 is 2.77 bits per heavy atom. The van der Waals surface area contributed by atoms with Crippen LogP contribution < -0.4 is 10.5 Å². The van der Waals surface area contributed by atoms with Crippen LogP contribution in [-0.4, -0.2) is 39.5 Å². The first kappa shape index (κ1) is 20.0. The molecule has 8 nitrogen and oxygen atoms in total. The van der Waals surface area contributed by atoms with Crippen LogP contribution in [0.1, 0.15) is 29.5 Å². The number of nitrogens with two attached hydrogens (primary N) is 1. The molecule has 3 aromatic rings. The van der Waals surface area contributed by atoms with Crippen LogP contribution in [0.15, 0.2) is 63.4 Å². The summed E-state index contributed by atoms with van der Waals surface area (Å²) in [7, 11) is 1.62. The van der Waals surface area contributed by atoms with Gasteiger partial charge in [-0.05, 0) is 48.9 Å². The first-order valence-corrected chi connectivity index (χ1v) is 10.3. The van der Waals surface area contributed by atoms with Gasteiger partial charge >= 0.3 is 0 Å². The lowest BCUT2D eigenvalue weighted by Crippen LogP contribution is -2.28. The number of benzene rings is 1. The third-order valence-electron chi connectivity index (χ3n) is 4.64. The Labute approximate surface area is 178 Å². The Morgan fingerprint density at radius 2 is 2.10 bits per heavy atom. The summed E-state index contributed by atoms with van der Waals surface area (Å²) in [4.78, 5) is 21.5. The number of hydrazone groups is 1. The molecule has 1 amide bonds. The molecule has 30 heavy (non-hydrogen) atoms. The second kappa shape index (κ2) is 8.58. The van der Waals surface area contributed by atoms with Gasteiger partial charge in [-0.1, -0.05) is 11.8 Å². The molecule has 0 saturated carbocycles. The fraction of sp³-hybridized carbons (Fsp3) is 0.238. The minimum atomic E-state index is -0.298. The Bertz CT molecular complexity index is 1050. The number of carbonyl (C=O) groups is 1. The maximum Gasteiger partial charge on any atom is 0.253 e. The van der Waals surface area contributed by atoms with Crippen LogP contribution in [0.4, 0.5) is 5.82 Å². The van der Waals surface area contributed by atoms with Crippen molar-refractivity contribution in [2.45, 2.75) is 24.5 Å². The maximum atomic E-state index is 13.0. The molecule has 0 aliphatic carbocycles. The van der Waals surface area contributed by atoms with Crippen LogP contribution in [0.25, 0.3) is 0 Å². The molecular formula is C21H21N5O3S. The van der Waals surface area contributed by atoms with E-state index in [1.165, 1.54) is 16.8 Å². The zero-order valence-electron chi connectivity index (χ0n) is 16.6. The number of rotatable bonds is 6. The molecule has 0 spiro atoms. The number of carbonyl (C=O) groups excluding carboxylic acids is 1. The number of furan rings is 1. The molecule has 154 valence electrons. The molecule has 1 unspecified atom stereocenters. The van der Waals surface area contributed by atoms with E-state index >= 15 is 0 Å². The van der Waals surface area contributed by atoms with Crippen LogP contribution in [-0.2, 0) is 4.79 Å². The number of nitrogen functional groups attached to an aromatic ring is 1. The van der Waals surface area contributed by atoms with Gasteiger partial charge in [-0.15, -0.1) is 0 Å². The van der Waals surface area contributed by atoms with Gasteiger partial charge in [-0.3, -0.25) is 4.79 Å². The largest absolute Gasteiger partial charge is 0.497 e. The van der Waals surface area contributed by atoms with E-state index in [0.29, 0.717) is 23.2 Å². The molecule has 2 N–H and O–H groups in total. The smallest absolute Gasteiger partial charge is 0.253 e. The third-order valence-corrected chi connectivity index (χ3v) is 5.47. The molecule has 9 heteroatoms. The number of aryl methyl sites for hydroxylation is 1. The molecule has 1 atom stereocenters. The van der Waals surface area contributed by atoms with Crippen LogP contribution in [0, 0.1) is 6.92 Å². The van der Waals surface area contributed by atoms with E-state index in [4.69, 9.17) is 14.9 Å². The van der Waals surface area contributed by atoms with Crippen molar-refractivity contribution in [1.82, 2.24) is 15.0 Å². The summed E-state index contributed by atoms with van der Waals surface area (Å²) in [5, 5.41) is 6.58. The van der Waals surface area contributed by atoms with Gasteiger partial charge in [-0.25, -0.2) is 15.0 Å². The highest BCUT2D eigenvalue weighted by atomic mass is 32.2. The fourth-order valence-electron chi connectivity index (χ4n) is 3.22. The number of anilines is 1. The molecular weight excluding hydrogens is 402 g/mol. The van der Waals surface area contributed by atoms with Gasteiger partial charge in [0.05, 0.1) is 24.8 Å².